The van der Waals surface area contributed by atoms with E-state index in [0.717, 1.165) is 12.1 Å². The third-order valence-corrected chi connectivity index (χ3v) is 3.98. The van der Waals surface area contributed by atoms with Crippen LogP contribution < -0.4 is 11.1 Å². The molecule has 1 amide bonds. The lowest BCUT2D eigenvalue weighted by Crippen LogP contribution is -2.33. The van der Waals surface area contributed by atoms with Crippen LogP contribution in [0.4, 0.5) is 5.82 Å². The number of nitrogens with zero attached hydrogens (tertiary/aromatic N) is 3. The van der Waals surface area contributed by atoms with E-state index in [0.29, 0.717) is 17.3 Å². The number of nitrogen functional groups attached to an aromatic ring is 1. The summed E-state index contributed by atoms with van der Waals surface area (Å²) in [5.41, 5.74) is 7.79. The van der Waals surface area contributed by atoms with Gasteiger partial charge in [0.2, 0.25) is 5.89 Å². The Labute approximate surface area is 152 Å². The summed E-state index contributed by atoms with van der Waals surface area (Å²) in [5.74, 6) is 0.911. The van der Waals surface area contributed by atoms with E-state index in [1.807, 2.05) is 37.3 Å². The van der Waals surface area contributed by atoms with E-state index in [1.165, 1.54) is 6.26 Å². The minimum atomic E-state index is -0.262. The largest absolute Gasteiger partial charge is 0.443 e. The SMILES string of the molecule is CC(C)CC(C)NC(=O)c1coc(-c2cnn(-c3ccccc3)c2N)n1. The number of rotatable bonds is 6. The molecule has 3 rings (SSSR count). The van der Waals surface area contributed by atoms with Crippen molar-refractivity contribution in [2.24, 2.45) is 5.92 Å². The number of anilines is 1. The number of amides is 1. The summed E-state index contributed by atoms with van der Waals surface area (Å²) < 4.78 is 7.06. The molecule has 136 valence electrons. The number of aromatic nitrogens is 3. The molecule has 0 radical (unpaired) electrons. The lowest BCUT2D eigenvalue weighted by Gasteiger charge is -2.14. The van der Waals surface area contributed by atoms with Gasteiger partial charge in [0.05, 0.1) is 17.4 Å². The van der Waals surface area contributed by atoms with Crippen molar-refractivity contribution < 1.29 is 9.21 Å². The van der Waals surface area contributed by atoms with Gasteiger partial charge in [0.1, 0.15) is 12.1 Å². The fourth-order valence-corrected chi connectivity index (χ4v) is 2.86. The van der Waals surface area contributed by atoms with Crippen LogP contribution in [0.1, 0.15) is 37.7 Å². The number of benzene rings is 1. The maximum absolute atomic E-state index is 12.3. The van der Waals surface area contributed by atoms with Gasteiger partial charge in [-0.15, -0.1) is 0 Å². The van der Waals surface area contributed by atoms with Crippen LogP contribution in [-0.4, -0.2) is 26.7 Å². The molecule has 0 saturated carbocycles. The van der Waals surface area contributed by atoms with Crippen LogP contribution in [0.2, 0.25) is 0 Å². The Bertz CT molecular complexity index is 882. The molecular formula is C19H23N5O2. The number of hydrogen-bond acceptors (Lipinski definition) is 5. The third-order valence-electron chi connectivity index (χ3n) is 3.98. The zero-order valence-corrected chi connectivity index (χ0v) is 15.1. The maximum Gasteiger partial charge on any atom is 0.273 e. The minimum absolute atomic E-state index is 0.0635. The van der Waals surface area contributed by atoms with Gasteiger partial charge >= 0.3 is 0 Å². The molecule has 1 atom stereocenters. The Morgan fingerprint density at radius 2 is 2.00 bits per heavy atom. The number of oxazole rings is 1. The molecule has 0 aliphatic rings. The lowest BCUT2D eigenvalue weighted by atomic mass is 10.1. The zero-order valence-electron chi connectivity index (χ0n) is 15.1. The topological polar surface area (TPSA) is 99.0 Å². The highest BCUT2D eigenvalue weighted by molar-refractivity contribution is 5.92. The second-order valence-corrected chi connectivity index (χ2v) is 6.73. The standard InChI is InChI=1S/C19H23N5O2/c1-12(2)9-13(3)22-18(25)16-11-26-19(23-16)15-10-21-24(17(15)20)14-7-5-4-6-8-14/h4-8,10-13H,9,20H2,1-3H3,(H,22,25). The van der Waals surface area contributed by atoms with Gasteiger partial charge in [0.15, 0.2) is 5.69 Å². The van der Waals surface area contributed by atoms with E-state index < -0.39 is 0 Å². The number of carbonyl (C=O) groups is 1. The van der Waals surface area contributed by atoms with Crippen LogP contribution in [0.5, 0.6) is 0 Å². The zero-order chi connectivity index (χ0) is 18.7. The average Bonchev–Trinajstić information content (AvgIpc) is 3.21. The molecule has 0 saturated heterocycles. The highest BCUT2D eigenvalue weighted by Crippen LogP contribution is 2.27. The molecule has 0 bridgehead atoms. The summed E-state index contributed by atoms with van der Waals surface area (Å²) in [6.45, 7) is 6.20. The van der Waals surface area contributed by atoms with Crippen molar-refractivity contribution in [2.45, 2.75) is 33.2 Å². The van der Waals surface area contributed by atoms with E-state index in [9.17, 15) is 4.79 Å². The van der Waals surface area contributed by atoms with E-state index in [-0.39, 0.29) is 23.5 Å². The van der Waals surface area contributed by atoms with Crippen LogP contribution in [0.25, 0.3) is 17.1 Å². The van der Waals surface area contributed by atoms with Crippen molar-refractivity contribution in [3.63, 3.8) is 0 Å². The monoisotopic (exact) mass is 353 g/mol. The summed E-state index contributed by atoms with van der Waals surface area (Å²) in [7, 11) is 0. The molecule has 3 aromatic rings. The molecule has 1 aromatic carbocycles. The number of nitrogens with two attached hydrogens (primary N) is 1. The Hall–Kier alpha value is -3.09. The number of nitrogens with one attached hydrogen (secondary N) is 1. The van der Waals surface area contributed by atoms with Crippen molar-refractivity contribution in [3.8, 4) is 17.1 Å². The summed E-state index contributed by atoms with van der Waals surface area (Å²) >= 11 is 0. The van der Waals surface area contributed by atoms with E-state index in [4.69, 9.17) is 10.2 Å². The van der Waals surface area contributed by atoms with Gasteiger partial charge < -0.3 is 15.5 Å². The van der Waals surface area contributed by atoms with E-state index >= 15 is 0 Å². The van der Waals surface area contributed by atoms with E-state index in [1.54, 1.807) is 10.9 Å². The Morgan fingerprint density at radius 3 is 2.69 bits per heavy atom. The van der Waals surface area contributed by atoms with Crippen LogP contribution in [-0.2, 0) is 0 Å². The van der Waals surface area contributed by atoms with Gasteiger partial charge in [-0.25, -0.2) is 9.67 Å². The van der Waals surface area contributed by atoms with Crippen molar-refractivity contribution in [2.75, 3.05) is 5.73 Å². The van der Waals surface area contributed by atoms with Gasteiger partial charge in [-0.05, 0) is 31.4 Å². The smallest absolute Gasteiger partial charge is 0.273 e. The first-order chi connectivity index (χ1) is 12.5. The summed E-state index contributed by atoms with van der Waals surface area (Å²) in [4.78, 5) is 16.6. The summed E-state index contributed by atoms with van der Waals surface area (Å²) in [5, 5.41) is 7.21. The predicted molar refractivity (Wildman–Crippen MR) is 99.9 cm³/mol. The molecule has 2 heterocycles. The Kier molecular flexibility index (Phi) is 5.06. The summed E-state index contributed by atoms with van der Waals surface area (Å²) in [6, 6.07) is 9.59. The average molecular weight is 353 g/mol. The minimum Gasteiger partial charge on any atom is -0.443 e. The van der Waals surface area contributed by atoms with E-state index in [2.05, 4.69) is 29.2 Å². The van der Waals surface area contributed by atoms with Crippen molar-refractivity contribution in [1.29, 1.82) is 0 Å². The molecular weight excluding hydrogens is 330 g/mol. The Morgan fingerprint density at radius 1 is 1.27 bits per heavy atom. The van der Waals surface area contributed by atoms with Gasteiger partial charge in [-0.1, -0.05) is 32.0 Å². The molecule has 26 heavy (non-hydrogen) atoms. The molecule has 7 nitrogen and oxygen atoms in total. The van der Waals surface area contributed by atoms with Gasteiger partial charge in [-0.3, -0.25) is 4.79 Å². The quantitative estimate of drug-likeness (QED) is 0.708. The van der Waals surface area contributed by atoms with Crippen LogP contribution in [0, 0.1) is 5.92 Å². The van der Waals surface area contributed by atoms with Crippen molar-refractivity contribution >= 4 is 11.7 Å². The van der Waals surface area contributed by atoms with Crippen molar-refractivity contribution in [3.05, 3.63) is 48.5 Å². The van der Waals surface area contributed by atoms with Gasteiger partial charge in [-0.2, -0.15) is 5.10 Å². The summed E-state index contributed by atoms with van der Waals surface area (Å²) in [6.07, 6.45) is 3.82. The lowest BCUT2D eigenvalue weighted by molar-refractivity contribution is 0.0931. The first-order valence-corrected chi connectivity index (χ1v) is 8.61. The molecule has 1 unspecified atom stereocenters. The molecule has 3 N–H and O–H groups in total. The fourth-order valence-electron chi connectivity index (χ4n) is 2.86. The van der Waals surface area contributed by atoms with Gasteiger partial charge in [0.25, 0.3) is 5.91 Å². The van der Waals surface area contributed by atoms with Gasteiger partial charge in [0, 0.05) is 6.04 Å². The predicted octanol–water partition coefficient (Wildman–Crippen LogP) is 3.27. The highest BCUT2D eigenvalue weighted by Gasteiger charge is 2.19. The molecule has 2 aromatic heterocycles. The number of hydrogen-bond donors (Lipinski definition) is 2. The number of para-hydroxylation sites is 1. The second kappa shape index (κ2) is 7.43. The first-order valence-electron chi connectivity index (χ1n) is 8.61. The Balaban J connectivity index is 1.78. The fraction of sp³-hybridized carbons (Fsp3) is 0.316. The normalized spacial score (nSPS) is 12.3. The molecule has 0 fully saturated rings. The first kappa shape index (κ1) is 17.7. The molecule has 0 aliphatic heterocycles. The molecule has 0 aliphatic carbocycles. The van der Waals surface area contributed by atoms with Crippen LogP contribution in [0.3, 0.4) is 0 Å². The highest BCUT2D eigenvalue weighted by atomic mass is 16.3. The number of carbonyl (C=O) groups excluding carboxylic acids is 1. The maximum atomic E-state index is 12.3. The van der Waals surface area contributed by atoms with Crippen LogP contribution >= 0.6 is 0 Å². The molecule has 7 heteroatoms. The molecule has 0 spiro atoms. The second-order valence-electron chi connectivity index (χ2n) is 6.73. The van der Waals surface area contributed by atoms with Crippen molar-refractivity contribution in [1.82, 2.24) is 20.1 Å². The third kappa shape index (κ3) is 3.77. The van der Waals surface area contributed by atoms with Crippen LogP contribution in [0.15, 0.2) is 47.2 Å².